The topological polar surface area (TPSA) is 29.5 Å². The number of carbonyl (C=O) groups is 1. The lowest BCUT2D eigenvalue weighted by Gasteiger charge is -2.17. The Morgan fingerprint density at radius 1 is 1.14 bits per heavy atom. The predicted octanol–water partition coefficient (Wildman–Crippen LogP) is 3.77. The Kier molecular flexibility index (Phi) is 5.64. The van der Waals surface area contributed by atoms with Gasteiger partial charge in [-0.1, -0.05) is 41.9 Å². The van der Waals surface area contributed by atoms with Crippen LogP contribution in [0.15, 0.2) is 54.6 Å². The first-order valence-corrected chi connectivity index (χ1v) is 7.19. The molecular weight excluding hydrogens is 286 g/mol. The molecular formula is C17H18ClNO2. The van der Waals surface area contributed by atoms with E-state index in [1.54, 1.807) is 11.9 Å². The first-order chi connectivity index (χ1) is 10.1. The van der Waals surface area contributed by atoms with E-state index in [1.807, 2.05) is 54.6 Å². The lowest BCUT2D eigenvalue weighted by molar-refractivity contribution is -0.130. The molecule has 0 spiro atoms. The van der Waals surface area contributed by atoms with Crippen LogP contribution < -0.4 is 4.74 Å². The third-order valence-electron chi connectivity index (χ3n) is 3.06. The van der Waals surface area contributed by atoms with E-state index in [1.165, 1.54) is 0 Å². The van der Waals surface area contributed by atoms with Gasteiger partial charge in [0.05, 0.1) is 13.0 Å². The molecule has 0 fully saturated rings. The Labute approximate surface area is 130 Å². The standard InChI is InChI=1S/C17H18ClNO2/c1-19(13-14-6-5-7-15(18)12-14)17(20)10-11-21-16-8-3-2-4-9-16/h2-9,12H,10-11,13H2,1H3. The van der Waals surface area contributed by atoms with E-state index < -0.39 is 0 Å². The van der Waals surface area contributed by atoms with Crippen molar-refractivity contribution in [3.05, 3.63) is 65.2 Å². The van der Waals surface area contributed by atoms with E-state index in [2.05, 4.69) is 0 Å². The van der Waals surface area contributed by atoms with Gasteiger partial charge in [0.2, 0.25) is 5.91 Å². The summed E-state index contributed by atoms with van der Waals surface area (Å²) >= 11 is 5.94. The van der Waals surface area contributed by atoms with Crippen LogP contribution in [0.25, 0.3) is 0 Å². The lowest BCUT2D eigenvalue weighted by Crippen LogP contribution is -2.27. The van der Waals surface area contributed by atoms with Crippen molar-refractivity contribution in [3.63, 3.8) is 0 Å². The Hall–Kier alpha value is -2.00. The van der Waals surface area contributed by atoms with E-state index in [-0.39, 0.29) is 5.91 Å². The summed E-state index contributed by atoms with van der Waals surface area (Å²) in [7, 11) is 1.78. The molecule has 2 aromatic rings. The zero-order valence-corrected chi connectivity index (χ0v) is 12.7. The van der Waals surface area contributed by atoms with Crippen molar-refractivity contribution in [1.29, 1.82) is 0 Å². The maximum Gasteiger partial charge on any atom is 0.226 e. The summed E-state index contributed by atoms with van der Waals surface area (Å²) in [5, 5.41) is 0.681. The van der Waals surface area contributed by atoms with E-state index in [0.717, 1.165) is 11.3 Å². The van der Waals surface area contributed by atoms with E-state index in [4.69, 9.17) is 16.3 Å². The first-order valence-electron chi connectivity index (χ1n) is 6.81. The fourth-order valence-corrected chi connectivity index (χ4v) is 2.17. The van der Waals surface area contributed by atoms with Crippen LogP contribution in [0, 0.1) is 0 Å². The molecule has 2 rings (SSSR count). The number of nitrogens with zero attached hydrogens (tertiary/aromatic N) is 1. The molecule has 0 N–H and O–H groups in total. The van der Waals surface area contributed by atoms with Gasteiger partial charge < -0.3 is 9.64 Å². The molecule has 0 radical (unpaired) electrons. The number of hydrogen-bond donors (Lipinski definition) is 0. The van der Waals surface area contributed by atoms with Crippen molar-refractivity contribution in [2.75, 3.05) is 13.7 Å². The molecule has 2 aromatic carbocycles. The average Bonchev–Trinajstić information content (AvgIpc) is 2.48. The zero-order valence-electron chi connectivity index (χ0n) is 12.0. The summed E-state index contributed by atoms with van der Waals surface area (Å²) in [5.74, 6) is 0.828. The Morgan fingerprint density at radius 3 is 2.62 bits per heavy atom. The third-order valence-corrected chi connectivity index (χ3v) is 3.30. The molecule has 1 amide bonds. The number of halogens is 1. The largest absolute Gasteiger partial charge is 0.493 e. The van der Waals surface area contributed by atoms with Crippen LogP contribution in [-0.4, -0.2) is 24.5 Å². The predicted molar refractivity (Wildman–Crippen MR) is 84.5 cm³/mol. The maximum absolute atomic E-state index is 12.0. The molecule has 0 aliphatic rings. The summed E-state index contributed by atoms with van der Waals surface area (Å²) in [5.41, 5.74) is 1.02. The molecule has 4 heteroatoms. The Balaban J connectivity index is 1.77. The summed E-state index contributed by atoms with van der Waals surface area (Å²) in [6.07, 6.45) is 0.353. The summed E-state index contributed by atoms with van der Waals surface area (Å²) in [6.45, 7) is 0.924. The van der Waals surface area contributed by atoms with Crippen LogP contribution in [0.2, 0.25) is 5.02 Å². The minimum absolute atomic E-state index is 0.0471. The van der Waals surface area contributed by atoms with Gasteiger partial charge in [0.25, 0.3) is 0 Å². The van der Waals surface area contributed by atoms with E-state index in [0.29, 0.717) is 24.6 Å². The highest BCUT2D eigenvalue weighted by Crippen LogP contribution is 2.13. The second-order valence-corrected chi connectivity index (χ2v) is 5.23. The highest BCUT2D eigenvalue weighted by Gasteiger charge is 2.09. The van der Waals surface area contributed by atoms with E-state index in [9.17, 15) is 4.79 Å². The highest BCUT2D eigenvalue weighted by atomic mass is 35.5. The smallest absolute Gasteiger partial charge is 0.226 e. The fraction of sp³-hybridized carbons (Fsp3) is 0.235. The number of para-hydroxylation sites is 1. The van der Waals surface area contributed by atoms with Gasteiger partial charge in [-0.15, -0.1) is 0 Å². The van der Waals surface area contributed by atoms with Crippen LogP contribution in [0.3, 0.4) is 0 Å². The molecule has 0 heterocycles. The molecule has 0 aliphatic carbocycles. The summed E-state index contributed by atoms with van der Waals surface area (Å²) < 4.78 is 5.53. The van der Waals surface area contributed by atoms with Crippen molar-refractivity contribution in [1.82, 2.24) is 4.90 Å². The van der Waals surface area contributed by atoms with Crippen molar-refractivity contribution < 1.29 is 9.53 Å². The van der Waals surface area contributed by atoms with Crippen molar-refractivity contribution >= 4 is 17.5 Å². The van der Waals surface area contributed by atoms with Crippen LogP contribution in [0.1, 0.15) is 12.0 Å². The molecule has 0 bridgehead atoms. The minimum atomic E-state index is 0.0471. The van der Waals surface area contributed by atoms with Gasteiger partial charge in [0, 0.05) is 18.6 Å². The SMILES string of the molecule is CN(Cc1cccc(Cl)c1)C(=O)CCOc1ccccc1. The number of carbonyl (C=O) groups excluding carboxylic acids is 1. The van der Waals surface area contributed by atoms with Crippen molar-refractivity contribution in [3.8, 4) is 5.75 Å². The number of amides is 1. The molecule has 0 aromatic heterocycles. The second-order valence-electron chi connectivity index (χ2n) is 4.79. The number of ether oxygens (including phenoxy) is 1. The Bertz CT molecular complexity index is 586. The van der Waals surface area contributed by atoms with Crippen LogP contribution in [0.5, 0.6) is 5.75 Å². The number of rotatable bonds is 6. The summed E-state index contributed by atoms with van der Waals surface area (Å²) in [4.78, 5) is 13.7. The molecule has 110 valence electrons. The second kappa shape index (κ2) is 7.70. The molecule has 0 saturated carbocycles. The molecule has 3 nitrogen and oxygen atoms in total. The summed E-state index contributed by atoms with van der Waals surface area (Å²) in [6, 6.07) is 17.0. The van der Waals surface area contributed by atoms with Gasteiger partial charge in [-0.2, -0.15) is 0 Å². The van der Waals surface area contributed by atoms with Gasteiger partial charge in [0.15, 0.2) is 0 Å². The van der Waals surface area contributed by atoms with Crippen molar-refractivity contribution in [2.45, 2.75) is 13.0 Å². The number of benzene rings is 2. The third kappa shape index (κ3) is 5.12. The molecule has 21 heavy (non-hydrogen) atoms. The van der Waals surface area contributed by atoms with Gasteiger partial charge in [0.1, 0.15) is 5.75 Å². The first kappa shape index (κ1) is 15.4. The molecule has 0 saturated heterocycles. The minimum Gasteiger partial charge on any atom is -0.493 e. The molecule has 0 atom stereocenters. The van der Waals surface area contributed by atoms with Gasteiger partial charge in [-0.25, -0.2) is 0 Å². The van der Waals surface area contributed by atoms with Gasteiger partial charge in [-0.05, 0) is 29.8 Å². The Morgan fingerprint density at radius 2 is 1.90 bits per heavy atom. The number of hydrogen-bond acceptors (Lipinski definition) is 2. The average molecular weight is 304 g/mol. The fourth-order valence-electron chi connectivity index (χ4n) is 1.96. The quantitative estimate of drug-likeness (QED) is 0.813. The van der Waals surface area contributed by atoms with Gasteiger partial charge in [-0.3, -0.25) is 4.79 Å². The maximum atomic E-state index is 12.0. The monoisotopic (exact) mass is 303 g/mol. The van der Waals surface area contributed by atoms with Crippen LogP contribution in [-0.2, 0) is 11.3 Å². The van der Waals surface area contributed by atoms with Crippen LogP contribution in [0.4, 0.5) is 0 Å². The normalized spacial score (nSPS) is 10.2. The molecule has 0 unspecified atom stereocenters. The van der Waals surface area contributed by atoms with Crippen molar-refractivity contribution in [2.24, 2.45) is 0 Å². The highest BCUT2D eigenvalue weighted by molar-refractivity contribution is 6.30. The van der Waals surface area contributed by atoms with Gasteiger partial charge >= 0.3 is 0 Å². The molecule has 0 aliphatic heterocycles. The van der Waals surface area contributed by atoms with E-state index >= 15 is 0 Å². The zero-order chi connectivity index (χ0) is 15.1. The van der Waals surface area contributed by atoms with Crippen LogP contribution >= 0.6 is 11.6 Å². The lowest BCUT2D eigenvalue weighted by atomic mass is 10.2.